The number of carbonyl (C=O) groups is 6. The quantitative estimate of drug-likeness (QED) is 0.173. The van der Waals surface area contributed by atoms with E-state index in [0.29, 0.717) is 0 Å². The third-order valence-corrected chi connectivity index (χ3v) is 3.16. The summed E-state index contributed by atoms with van der Waals surface area (Å²) in [5.41, 5.74) is 10.3. The van der Waals surface area contributed by atoms with Crippen molar-refractivity contribution in [1.29, 1.82) is 0 Å². The van der Waals surface area contributed by atoms with Crippen LogP contribution in [0.4, 0.5) is 0 Å². The van der Waals surface area contributed by atoms with E-state index >= 15 is 0 Å². The summed E-state index contributed by atoms with van der Waals surface area (Å²) in [6, 6.07) is -3.92. The van der Waals surface area contributed by atoms with Crippen LogP contribution < -0.4 is 27.4 Å². The van der Waals surface area contributed by atoms with Crippen LogP contribution in [0.15, 0.2) is 0 Å². The third kappa shape index (κ3) is 10.4. The molecule has 0 aliphatic rings. The molecule has 0 fully saturated rings. The Kier molecular flexibility index (Phi) is 10.0. The van der Waals surface area contributed by atoms with Crippen molar-refractivity contribution in [3.63, 3.8) is 0 Å². The van der Waals surface area contributed by atoms with Gasteiger partial charge in [-0.1, -0.05) is 0 Å². The van der Waals surface area contributed by atoms with Gasteiger partial charge in [0.2, 0.25) is 23.6 Å². The second kappa shape index (κ2) is 11.4. The molecule has 0 aliphatic carbocycles. The molecule has 0 aromatic carbocycles. The normalized spacial score (nSPS) is 13.6. The van der Waals surface area contributed by atoms with Crippen molar-refractivity contribution in [2.24, 2.45) is 11.5 Å². The van der Waals surface area contributed by atoms with Crippen LogP contribution in [0.3, 0.4) is 0 Å². The summed E-state index contributed by atoms with van der Waals surface area (Å²) in [6.45, 7) is 0.851. The Hall–Kier alpha value is -3.22. The molecule has 0 spiro atoms. The highest BCUT2D eigenvalue weighted by molar-refractivity contribution is 5.95. The lowest BCUT2D eigenvalue weighted by atomic mass is 10.1. The van der Waals surface area contributed by atoms with Gasteiger partial charge in [0.25, 0.3) is 0 Å². The SMILES string of the molecule is CC(N)C(=O)NCC(=O)NC(CC(N)=O)C(=O)NC(CCC(=O)O)C(=O)O. The molecule has 0 aromatic heterocycles. The summed E-state index contributed by atoms with van der Waals surface area (Å²) in [5, 5.41) is 24.0. The van der Waals surface area contributed by atoms with E-state index in [9.17, 15) is 28.8 Å². The topological polar surface area (TPSA) is 231 Å². The number of carboxylic acids is 2. The van der Waals surface area contributed by atoms with Crippen LogP contribution in [0.1, 0.15) is 26.2 Å². The minimum atomic E-state index is -1.54. The Balaban J connectivity index is 4.94. The molecule has 13 heteroatoms. The molecular formula is C14H23N5O8. The Morgan fingerprint density at radius 3 is 2.00 bits per heavy atom. The maximum Gasteiger partial charge on any atom is 0.326 e. The third-order valence-electron chi connectivity index (χ3n) is 3.16. The summed E-state index contributed by atoms with van der Waals surface area (Å²) in [5.74, 6) is -6.21. The number of carboxylic acid groups (broad SMARTS) is 2. The molecule has 0 rings (SSSR count). The van der Waals surface area contributed by atoms with Gasteiger partial charge in [-0.15, -0.1) is 0 Å². The highest BCUT2D eigenvalue weighted by atomic mass is 16.4. The first kappa shape index (κ1) is 23.8. The number of nitrogens with two attached hydrogens (primary N) is 2. The van der Waals surface area contributed by atoms with E-state index in [4.69, 9.17) is 21.7 Å². The van der Waals surface area contributed by atoms with Gasteiger partial charge in [0.15, 0.2) is 0 Å². The number of aliphatic carboxylic acids is 2. The molecular weight excluding hydrogens is 366 g/mol. The summed E-state index contributed by atoms with van der Waals surface area (Å²) in [6.07, 6.45) is -1.56. The van der Waals surface area contributed by atoms with Crippen molar-refractivity contribution < 1.29 is 39.0 Å². The maximum atomic E-state index is 12.2. The molecule has 0 aliphatic heterocycles. The van der Waals surface area contributed by atoms with Gasteiger partial charge in [0.05, 0.1) is 19.0 Å². The van der Waals surface area contributed by atoms with Crippen molar-refractivity contribution in [3.8, 4) is 0 Å². The van der Waals surface area contributed by atoms with Crippen molar-refractivity contribution in [3.05, 3.63) is 0 Å². The molecule has 0 radical (unpaired) electrons. The van der Waals surface area contributed by atoms with Gasteiger partial charge >= 0.3 is 11.9 Å². The lowest BCUT2D eigenvalue weighted by molar-refractivity contribution is -0.143. The van der Waals surface area contributed by atoms with Gasteiger partial charge in [0.1, 0.15) is 12.1 Å². The minimum absolute atomic E-state index is 0.405. The molecule has 9 N–H and O–H groups in total. The van der Waals surface area contributed by atoms with Gasteiger partial charge in [-0.25, -0.2) is 4.79 Å². The van der Waals surface area contributed by atoms with Crippen LogP contribution in [0.25, 0.3) is 0 Å². The van der Waals surface area contributed by atoms with Crippen LogP contribution in [-0.2, 0) is 28.8 Å². The smallest absolute Gasteiger partial charge is 0.326 e. The zero-order valence-electron chi connectivity index (χ0n) is 14.6. The number of hydrogen-bond donors (Lipinski definition) is 7. The van der Waals surface area contributed by atoms with Crippen LogP contribution in [0.5, 0.6) is 0 Å². The van der Waals surface area contributed by atoms with E-state index in [-0.39, 0.29) is 0 Å². The summed E-state index contributed by atoms with van der Waals surface area (Å²) >= 11 is 0. The summed E-state index contributed by atoms with van der Waals surface area (Å²) in [7, 11) is 0. The zero-order chi connectivity index (χ0) is 21.1. The molecule has 0 saturated carbocycles. The van der Waals surface area contributed by atoms with E-state index in [1.807, 2.05) is 5.32 Å². The lowest BCUT2D eigenvalue weighted by Crippen LogP contribution is -2.54. The van der Waals surface area contributed by atoms with Gasteiger partial charge in [-0.3, -0.25) is 24.0 Å². The van der Waals surface area contributed by atoms with E-state index in [1.54, 1.807) is 0 Å². The average Bonchev–Trinajstić information content (AvgIpc) is 2.54. The molecule has 0 saturated heterocycles. The summed E-state index contributed by atoms with van der Waals surface area (Å²) < 4.78 is 0. The number of primary amides is 1. The molecule has 27 heavy (non-hydrogen) atoms. The number of amides is 4. The van der Waals surface area contributed by atoms with Crippen molar-refractivity contribution in [1.82, 2.24) is 16.0 Å². The summed E-state index contributed by atoms with van der Waals surface area (Å²) in [4.78, 5) is 68.0. The van der Waals surface area contributed by atoms with Crippen LogP contribution in [0.2, 0.25) is 0 Å². The number of carbonyl (C=O) groups excluding carboxylic acids is 4. The van der Waals surface area contributed by atoms with Crippen LogP contribution >= 0.6 is 0 Å². The molecule has 3 atom stereocenters. The van der Waals surface area contributed by atoms with Crippen molar-refractivity contribution in [2.75, 3.05) is 6.54 Å². The number of hydrogen-bond acceptors (Lipinski definition) is 7. The molecule has 4 amide bonds. The fraction of sp³-hybridized carbons (Fsp3) is 0.571. The van der Waals surface area contributed by atoms with Crippen LogP contribution in [-0.4, -0.2) is 70.5 Å². The van der Waals surface area contributed by atoms with Crippen molar-refractivity contribution >= 4 is 35.6 Å². The Morgan fingerprint density at radius 1 is 0.963 bits per heavy atom. The van der Waals surface area contributed by atoms with E-state index < -0.39 is 79.5 Å². The van der Waals surface area contributed by atoms with Crippen LogP contribution in [0, 0.1) is 0 Å². The van der Waals surface area contributed by atoms with Crippen molar-refractivity contribution in [2.45, 2.75) is 44.3 Å². The second-order valence-corrected chi connectivity index (χ2v) is 5.63. The molecule has 13 nitrogen and oxygen atoms in total. The predicted molar refractivity (Wildman–Crippen MR) is 88.8 cm³/mol. The highest BCUT2D eigenvalue weighted by Crippen LogP contribution is 2.01. The molecule has 152 valence electrons. The molecule has 0 heterocycles. The minimum Gasteiger partial charge on any atom is -0.481 e. The first-order chi connectivity index (χ1) is 12.4. The first-order valence-electron chi connectivity index (χ1n) is 7.80. The fourth-order valence-corrected chi connectivity index (χ4v) is 1.78. The zero-order valence-corrected chi connectivity index (χ0v) is 14.6. The maximum absolute atomic E-state index is 12.2. The second-order valence-electron chi connectivity index (χ2n) is 5.63. The predicted octanol–water partition coefficient (Wildman–Crippen LogP) is -3.76. The van der Waals surface area contributed by atoms with Gasteiger partial charge in [0, 0.05) is 6.42 Å². The van der Waals surface area contributed by atoms with E-state index in [0.717, 1.165) is 0 Å². The number of rotatable bonds is 12. The Bertz CT molecular complexity index is 606. The lowest BCUT2D eigenvalue weighted by Gasteiger charge is -2.20. The van der Waals surface area contributed by atoms with E-state index in [1.165, 1.54) is 6.92 Å². The molecule has 0 aromatic rings. The standard InChI is InChI=1S/C14H23N5O8/c1-6(15)12(24)17-5-10(21)18-8(4-9(16)20)13(25)19-7(14(26)27)2-3-11(22)23/h6-8H,2-5,15H2,1H3,(H2,16,20)(H,17,24)(H,18,21)(H,19,25)(H,22,23)(H,26,27). The Morgan fingerprint density at radius 2 is 1.56 bits per heavy atom. The van der Waals surface area contributed by atoms with Gasteiger partial charge < -0.3 is 37.6 Å². The molecule has 3 unspecified atom stereocenters. The van der Waals surface area contributed by atoms with E-state index in [2.05, 4.69) is 10.6 Å². The molecule has 0 bridgehead atoms. The largest absolute Gasteiger partial charge is 0.481 e. The monoisotopic (exact) mass is 389 g/mol. The number of nitrogens with one attached hydrogen (secondary N) is 3. The van der Waals surface area contributed by atoms with Gasteiger partial charge in [-0.2, -0.15) is 0 Å². The fourth-order valence-electron chi connectivity index (χ4n) is 1.78. The average molecular weight is 389 g/mol. The first-order valence-corrected chi connectivity index (χ1v) is 7.80. The van der Waals surface area contributed by atoms with Gasteiger partial charge in [-0.05, 0) is 13.3 Å². The highest BCUT2D eigenvalue weighted by Gasteiger charge is 2.28. The Labute approximate surface area is 153 Å².